The smallest absolute Gasteiger partial charge is 0.339 e. The van der Waals surface area contributed by atoms with Crippen molar-refractivity contribution in [3.63, 3.8) is 0 Å². The average Bonchev–Trinajstić information content (AvgIpc) is 2.46. The van der Waals surface area contributed by atoms with Crippen LogP contribution in [-0.2, 0) is 14.3 Å². The van der Waals surface area contributed by atoms with Crippen LogP contribution in [0.25, 0.3) is 0 Å². The minimum absolute atomic E-state index is 0.160. The van der Waals surface area contributed by atoms with Crippen LogP contribution in [0.3, 0.4) is 0 Å². The second-order valence-corrected chi connectivity index (χ2v) is 5.89. The van der Waals surface area contributed by atoms with Gasteiger partial charge in [0, 0.05) is 5.88 Å². The second-order valence-electron chi connectivity index (χ2n) is 5.51. The summed E-state index contributed by atoms with van der Waals surface area (Å²) in [7, 11) is 0. The summed E-state index contributed by atoms with van der Waals surface area (Å²) in [6.07, 6.45) is -0.544. The number of rotatable bonds is 4. The lowest BCUT2D eigenvalue weighted by molar-refractivity contribution is -0.238. The van der Waals surface area contributed by atoms with E-state index in [0.717, 1.165) is 0 Å². The van der Waals surface area contributed by atoms with Crippen molar-refractivity contribution in [3.05, 3.63) is 0 Å². The lowest BCUT2D eigenvalue weighted by Gasteiger charge is -2.54. The Balaban J connectivity index is 2.40. The van der Waals surface area contributed by atoms with Crippen LogP contribution in [0.5, 0.6) is 0 Å². The molecular formula is C12H18ClNO4. The molecular weight excluding hydrogens is 258 g/mol. The Labute approximate surface area is 111 Å². The van der Waals surface area contributed by atoms with Crippen LogP contribution in [-0.4, -0.2) is 40.1 Å². The molecule has 2 saturated heterocycles. The normalized spacial score (nSPS) is 40.0. The maximum atomic E-state index is 12.0. The van der Waals surface area contributed by atoms with Crippen LogP contribution in [0.2, 0.25) is 0 Å². The molecule has 0 aromatic rings. The summed E-state index contributed by atoms with van der Waals surface area (Å²) in [5, 5.41) is 12.9. The highest BCUT2D eigenvalue weighted by atomic mass is 35.5. The third kappa shape index (κ3) is 1.37. The van der Waals surface area contributed by atoms with Crippen molar-refractivity contribution in [2.45, 2.75) is 44.4 Å². The highest BCUT2D eigenvalue weighted by Gasteiger charge is 2.79. The van der Waals surface area contributed by atoms with Crippen LogP contribution in [0.15, 0.2) is 0 Å². The van der Waals surface area contributed by atoms with Crippen molar-refractivity contribution in [1.29, 1.82) is 0 Å². The van der Waals surface area contributed by atoms with E-state index in [4.69, 9.17) is 16.3 Å². The number of nitrogens with one attached hydrogen (secondary N) is 1. The van der Waals surface area contributed by atoms with Gasteiger partial charge in [-0.2, -0.15) is 0 Å². The van der Waals surface area contributed by atoms with Gasteiger partial charge < -0.3 is 15.2 Å². The molecule has 0 aromatic carbocycles. The van der Waals surface area contributed by atoms with Crippen molar-refractivity contribution in [1.82, 2.24) is 5.32 Å². The number of aliphatic hydroxyl groups is 1. The molecule has 2 rings (SSSR count). The Morgan fingerprint density at radius 2 is 2.11 bits per heavy atom. The van der Waals surface area contributed by atoms with Crippen molar-refractivity contribution in [2.75, 3.05) is 5.88 Å². The van der Waals surface area contributed by atoms with Crippen molar-refractivity contribution >= 4 is 23.5 Å². The molecule has 0 spiro atoms. The fourth-order valence-electron chi connectivity index (χ4n) is 3.07. The van der Waals surface area contributed by atoms with Crippen LogP contribution in [0, 0.1) is 11.8 Å². The van der Waals surface area contributed by atoms with Gasteiger partial charge in [0.05, 0.1) is 12.0 Å². The van der Waals surface area contributed by atoms with E-state index in [1.54, 1.807) is 20.8 Å². The molecule has 0 saturated carbocycles. The first kappa shape index (κ1) is 13.6. The number of carbonyl (C=O) groups is 2. The molecule has 2 fully saturated rings. The van der Waals surface area contributed by atoms with Gasteiger partial charge in [-0.1, -0.05) is 13.8 Å². The molecule has 6 heteroatoms. The first-order chi connectivity index (χ1) is 8.31. The fraction of sp³-hybridized carbons (Fsp3) is 0.833. The molecule has 0 bridgehead atoms. The number of halogens is 1. The summed E-state index contributed by atoms with van der Waals surface area (Å²) in [5.74, 6) is -1.19. The topological polar surface area (TPSA) is 75.6 Å². The number of esters is 1. The van der Waals surface area contributed by atoms with Gasteiger partial charge in [-0.05, 0) is 19.3 Å². The first-order valence-corrected chi connectivity index (χ1v) is 6.64. The number of hydrogen-bond donors (Lipinski definition) is 2. The third-order valence-corrected chi connectivity index (χ3v) is 4.40. The average molecular weight is 276 g/mol. The molecule has 0 aliphatic carbocycles. The summed E-state index contributed by atoms with van der Waals surface area (Å²) in [4.78, 5) is 23.8. The Morgan fingerprint density at radius 1 is 1.50 bits per heavy atom. The van der Waals surface area contributed by atoms with E-state index in [0.29, 0.717) is 12.3 Å². The Bertz CT molecular complexity index is 400. The highest BCUT2D eigenvalue weighted by Crippen LogP contribution is 2.52. The van der Waals surface area contributed by atoms with Crippen LogP contribution in [0.1, 0.15) is 27.2 Å². The second kappa shape index (κ2) is 4.10. The van der Waals surface area contributed by atoms with Crippen molar-refractivity contribution < 1.29 is 19.4 Å². The zero-order valence-electron chi connectivity index (χ0n) is 10.7. The molecule has 2 N–H and O–H groups in total. The summed E-state index contributed by atoms with van der Waals surface area (Å²) >= 11 is 5.69. The number of alkyl halides is 1. The van der Waals surface area contributed by atoms with E-state index < -0.39 is 29.1 Å². The van der Waals surface area contributed by atoms with Crippen LogP contribution in [0.4, 0.5) is 0 Å². The molecule has 0 aromatic heterocycles. The van der Waals surface area contributed by atoms with E-state index in [9.17, 15) is 14.7 Å². The molecule has 2 aliphatic rings. The largest absolute Gasteiger partial charge is 0.453 e. The number of ether oxygens (including phenoxy) is 1. The molecule has 4 atom stereocenters. The molecule has 18 heavy (non-hydrogen) atoms. The van der Waals surface area contributed by atoms with E-state index in [-0.39, 0.29) is 11.8 Å². The van der Waals surface area contributed by atoms with E-state index in [2.05, 4.69) is 5.32 Å². The summed E-state index contributed by atoms with van der Waals surface area (Å²) in [6.45, 7) is 5.29. The number of aliphatic hydroxyl groups excluding tert-OH is 1. The monoisotopic (exact) mass is 275 g/mol. The lowest BCUT2D eigenvalue weighted by Crippen LogP contribution is -2.79. The van der Waals surface area contributed by atoms with Crippen LogP contribution >= 0.6 is 11.6 Å². The van der Waals surface area contributed by atoms with E-state index in [1.165, 1.54) is 0 Å². The Morgan fingerprint density at radius 3 is 2.56 bits per heavy atom. The number of amides is 1. The van der Waals surface area contributed by atoms with Gasteiger partial charge in [0.2, 0.25) is 11.4 Å². The summed E-state index contributed by atoms with van der Waals surface area (Å²) in [6, 6.07) is 0. The van der Waals surface area contributed by atoms with Crippen molar-refractivity contribution in [3.8, 4) is 0 Å². The number of carbonyl (C=O) groups excluding carboxylic acids is 2. The zero-order valence-corrected chi connectivity index (χ0v) is 11.5. The quantitative estimate of drug-likeness (QED) is 0.576. The van der Waals surface area contributed by atoms with Gasteiger partial charge in [0.25, 0.3) is 0 Å². The Kier molecular flexibility index (Phi) is 3.10. The van der Waals surface area contributed by atoms with Gasteiger partial charge in [0.15, 0.2) is 5.60 Å². The Hall–Kier alpha value is -0.810. The maximum Gasteiger partial charge on any atom is 0.339 e. The SMILES string of the molecule is CC(C)[C@H](O)C12NC(=O)C(CCCl)[C@]1(C)OC2=O. The van der Waals surface area contributed by atoms with Gasteiger partial charge >= 0.3 is 5.97 Å². The summed E-state index contributed by atoms with van der Waals surface area (Å²) in [5.41, 5.74) is -2.31. The van der Waals surface area contributed by atoms with Crippen LogP contribution < -0.4 is 5.32 Å². The molecule has 2 unspecified atom stereocenters. The molecule has 2 heterocycles. The molecule has 1 amide bonds. The van der Waals surface area contributed by atoms with E-state index in [1.807, 2.05) is 0 Å². The lowest BCUT2D eigenvalue weighted by atomic mass is 9.66. The standard InChI is InChI=1S/C12H18ClNO4/c1-6(2)8(15)12-10(17)18-11(12,3)7(4-5-13)9(16)14-12/h6-8,15H,4-5H2,1-3H3,(H,14,16)/t7?,8-,11-,12?/m0/s1. The highest BCUT2D eigenvalue weighted by molar-refractivity contribution is 6.18. The predicted octanol–water partition coefficient (Wildman–Crippen LogP) is 0.432. The minimum Gasteiger partial charge on any atom is -0.453 e. The molecule has 102 valence electrons. The predicted molar refractivity (Wildman–Crippen MR) is 65.0 cm³/mol. The number of hydrogen-bond acceptors (Lipinski definition) is 4. The number of fused-ring (bicyclic) bond motifs is 1. The summed E-state index contributed by atoms with van der Waals surface area (Å²) < 4.78 is 5.22. The van der Waals surface area contributed by atoms with Gasteiger partial charge in [-0.15, -0.1) is 11.6 Å². The van der Waals surface area contributed by atoms with Gasteiger partial charge in [-0.25, -0.2) is 4.79 Å². The van der Waals surface area contributed by atoms with Gasteiger partial charge in [0.1, 0.15) is 0 Å². The zero-order chi connectivity index (χ0) is 13.7. The molecule has 5 nitrogen and oxygen atoms in total. The third-order valence-electron chi connectivity index (χ3n) is 4.18. The molecule has 2 aliphatic heterocycles. The van der Waals surface area contributed by atoms with Gasteiger partial charge in [-0.3, -0.25) is 4.79 Å². The fourth-order valence-corrected chi connectivity index (χ4v) is 3.28. The molecule has 0 radical (unpaired) electrons. The first-order valence-electron chi connectivity index (χ1n) is 6.10. The maximum absolute atomic E-state index is 12.0. The van der Waals surface area contributed by atoms with Crippen molar-refractivity contribution in [2.24, 2.45) is 11.8 Å². The van der Waals surface area contributed by atoms with E-state index >= 15 is 0 Å². The minimum atomic E-state index is -1.31.